The zero-order valence-electron chi connectivity index (χ0n) is 24.7. The maximum atomic E-state index is 9.18. The topological polar surface area (TPSA) is 109 Å². The van der Waals surface area contributed by atoms with E-state index >= 15 is 0 Å². The number of hydrogen-bond donors (Lipinski definition) is 0. The number of halogens is 2. The standard InChI is InChI=1S/2C17H15ClN2O2/c1-12-7-8-17(15(18)9-12)22-11-13-5-3-4-6-14(13)16(10-19)20-21-2;1-12-7-8-15(18)17(9-12)22-11-13-5-3-4-6-14(13)16(10-19)20-21-2/h2*3-9H,11H2,1-2H3/b2*20-16-. The molecule has 224 valence electrons. The number of nitrogens with zero attached hydrogens (tertiary/aromatic N) is 4. The lowest BCUT2D eigenvalue weighted by atomic mass is 10.0. The van der Waals surface area contributed by atoms with Crippen molar-refractivity contribution in [2.24, 2.45) is 10.3 Å². The normalized spacial score (nSPS) is 10.9. The number of oxime groups is 2. The van der Waals surface area contributed by atoms with Crippen LogP contribution in [-0.4, -0.2) is 25.6 Å². The highest BCUT2D eigenvalue weighted by Gasteiger charge is 2.12. The van der Waals surface area contributed by atoms with E-state index in [1.165, 1.54) is 14.2 Å². The van der Waals surface area contributed by atoms with Crippen molar-refractivity contribution in [2.45, 2.75) is 27.1 Å². The van der Waals surface area contributed by atoms with Crippen LogP contribution in [-0.2, 0) is 22.9 Å². The Hall–Kier alpha value is -5.02. The molecule has 4 aromatic rings. The van der Waals surface area contributed by atoms with Crippen molar-refractivity contribution in [3.8, 4) is 23.6 Å². The molecule has 0 aromatic heterocycles. The Morgan fingerprint density at radius 3 is 1.61 bits per heavy atom. The molecule has 0 spiro atoms. The second-order valence-electron chi connectivity index (χ2n) is 9.23. The van der Waals surface area contributed by atoms with Gasteiger partial charge in [0.1, 0.15) is 51.1 Å². The van der Waals surface area contributed by atoms with Gasteiger partial charge in [-0.25, -0.2) is 0 Å². The minimum atomic E-state index is 0.205. The van der Waals surface area contributed by atoms with Crippen molar-refractivity contribution in [3.63, 3.8) is 0 Å². The van der Waals surface area contributed by atoms with Crippen LogP contribution < -0.4 is 9.47 Å². The quantitative estimate of drug-likeness (QED) is 0.129. The van der Waals surface area contributed by atoms with Crippen LogP contribution in [0.15, 0.2) is 95.2 Å². The molecule has 0 fully saturated rings. The Bertz CT molecular complexity index is 1730. The first-order valence-corrected chi connectivity index (χ1v) is 14.0. The number of benzene rings is 4. The van der Waals surface area contributed by atoms with Gasteiger partial charge < -0.3 is 19.1 Å². The van der Waals surface area contributed by atoms with Gasteiger partial charge in [-0.05, 0) is 60.4 Å². The maximum Gasteiger partial charge on any atom is 0.187 e. The summed E-state index contributed by atoms with van der Waals surface area (Å²) in [4.78, 5) is 9.41. The molecule has 0 atom stereocenters. The van der Waals surface area contributed by atoms with Crippen molar-refractivity contribution in [1.29, 1.82) is 10.5 Å². The molecule has 0 amide bonds. The molecular formula is C34H30Cl2N4O4. The molecule has 0 saturated heterocycles. The fourth-order valence-corrected chi connectivity index (χ4v) is 4.41. The third-order valence-corrected chi connectivity index (χ3v) is 6.67. The lowest BCUT2D eigenvalue weighted by Crippen LogP contribution is -2.06. The smallest absolute Gasteiger partial charge is 0.187 e. The second-order valence-corrected chi connectivity index (χ2v) is 10.0. The zero-order chi connectivity index (χ0) is 31.9. The van der Waals surface area contributed by atoms with Crippen LogP contribution in [0.3, 0.4) is 0 Å². The van der Waals surface area contributed by atoms with E-state index in [0.29, 0.717) is 32.7 Å². The van der Waals surface area contributed by atoms with Gasteiger partial charge >= 0.3 is 0 Å². The highest BCUT2D eigenvalue weighted by Crippen LogP contribution is 2.27. The van der Waals surface area contributed by atoms with Gasteiger partial charge in [0, 0.05) is 11.1 Å². The molecule has 0 heterocycles. The third kappa shape index (κ3) is 9.50. The van der Waals surface area contributed by atoms with Gasteiger partial charge in [-0.1, -0.05) is 94.2 Å². The summed E-state index contributed by atoms with van der Waals surface area (Å²) in [5.74, 6) is 1.21. The van der Waals surface area contributed by atoms with E-state index in [-0.39, 0.29) is 24.6 Å². The Labute approximate surface area is 267 Å². The molecule has 0 saturated carbocycles. The van der Waals surface area contributed by atoms with Crippen LogP contribution >= 0.6 is 23.2 Å². The van der Waals surface area contributed by atoms with Gasteiger partial charge in [-0.3, -0.25) is 0 Å². The molecule has 0 bridgehead atoms. The molecule has 0 unspecified atom stereocenters. The van der Waals surface area contributed by atoms with Gasteiger partial charge in [0.2, 0.25) is 0 Å². The van der Waals surface area contributed by atoms with E-state index < -0.39 is 0 Å². The monoisotopic (exact) mass is 628 g/mol. The van der Waals surface area contributed by atoms with Crippen LogP contribution in [0.5, 0.6) is 11.5 Å². The molecule has 4 aromatic carbocycles. The average Bonchev–Trinajstić information content (AvgIpc) is 3.03. The highest BCUT2D eigenvalue weighted by molar-refractivity contribution is 6.32. The zero-order valence-corrected chi connectivity index (χ0v) is 26.2. The predicted octanol–water partition coefficient (Wildman–Crippen LogP) is 8.20. The molecule has 0 radical (unpaired) electrons. The molecule has 0 aliphatic heterocycles. The summed E-state index contributed by atoms with van der Waals surface area (Å²) < 4.78 is 11.5. The van der Waals surface area contributed by atoms with Gasteiger partial charge in [0.05, 0.1) is 10.0 Å². The number of rotatable bonds is 10. The van der Waals surface area contributed by atoms with E-state index in [1.807, 2.05) is 92.7 Å². The lowest BCUT2D eigenvalue weighted by molar-refractivity contribution is 0.214. The Morgan fingerprint density at radius 2 is 1.11 bits per heavy atom. The summed E-state index contributed by atoms with van der Waals surface area (Å²) in [7, 11) is 2.81. The molecule has 10 heteroatoms. The SMILES string of the molecule is CO/N=C(/C#N)c1ccccc1COc1cc(C)ccc1Cl.CO/N=C(/C#N)c1ccccc1COc1ccc(C)cc1Cl. The molecule has 0 aliphatic carbocycles. The van der Waals surface area contributed by atoms with Gasteiger partial charge in [-0.15, -0.1) is 0 Å². The summed E-state index contributed by atoms with van der Waals surface area (Å²) in [6.07, 6.45) is 0. The van der Waals surface area contributed by atoms with Crippen molar-refractivity contribution in [1.82, 2.24) is 0 Å². The second kappa shape index (κ2) is 17.2. The highest BCUT2D eigenvalue weighted by atomic mass is 35.5. The van der Waals surface area contributed by atoms with Crippen LogP contribution in [0.1, 0.15) is 33.4 Å². The lowest BCUT2D eigenvalue weighted by Gasteiger charge is -2.11. The van der Waals surface area contributed by atoms with Gasteiger partial charge in [-0.2, -0.15) is 10.5 Å². The molecule has 0 N–H and O–H groups in total. The largest absolute Gasteiger partial charge is 0.487 e. The summed E-state index contributed by atoms with van der Waals surface area (Å²) in [5.41, 5.74) is 5.55. The van der Waals surface area contributed by atoms with Crippen LogP contribution in [0.4, 0.5) is 0 Å². The first-order chi connectivity index (χ1) is 21.3. The fraction of sp³-hybridized carbons (Fsp3) is 0.176. The Kier molecular flexibility index (Phi) is 13.1. The van der Waals surface area contributed by atoms with Crippen LogP contribution in [0, 0.1) is 36.5 Å². The van der Waals surface area contributed by atoms with E-state index in [2.05, 4.69) is 10.3 Å². The number of nitriles is 2. The number of aryl methyl sites for hydroxylation is 2. The minimum absolute atomic E-state index is 0.205. The van der Waals surface area contributed by atoms with E-state index in [0.717, 1.165) is 22.3 Å². The summed E-state index contributed by atoms with van der Waals surface area (Å²) in [5, 5.41) is 26.9. The maximum absolute atomic E-state index is 9.18. The molecule has 8 nitrogen and oxygen atoms in total. The van der Waals surface area contributed by atoms with E-state index in [9.17, 15) is 10.5 Å². The number of ether oxygens (including phenoxy) is 2. The van der Waals surface area contributed by atoms with Gasteiger partial charge in [0.25, 0.3) is 0 Å². The average molecular weight is 630 g/mol. The minimum Gasteiger partial charge on any atom is -0.487 e. The summed E-state index contributed by atoms with van der Waals surface area (Å²) in [6, 6.07) is 30.0. The van der Waals surface area contributed by atoms with Crippen molar-refractivity contribution in [2.75, 3.05) is 14.2 Å². The summed E-state index contributed by atoms with van der Waals surface area (Å²) in [6.45, 7) is 4.49. The molecule has 44 heavy (non-hydrogen) atoms. The van der Waals surface area contributed by atoms with Crippen molar-refractivity contribution in [3.05, 3.63) is 128 Å². The first kappa shape index (κ1) is 33.5. The van der Waals surface area contributed by atoms with E-state index in [4.69, 9.17) is 42.4 Å². The third-order valence-electron chi connectivity index (χ3n) is 6.06. The number of hydrogen-bond acceptors (Lipinski definition) is 8. The molecular weight excluding hydrogens is 599 g/mol. The first-order valence-electron chi connectivity index (χ1n) is 13.3. The molecule has 0 aliphatic rings. The fourth-order valence-electron chi connectivity index (χ4n) is 3.95. The van der Waals surface area contributed by atoms with Crippen LogP contribution in [0.25, 0.3) is 0 Å². The van der Waals surface area contributed by atoms with E-state index in [1.54, 1.807) is 18.2 Å². The van der Waals surface area contributed by atoms with Gasteiger partial charge in [0.15, 0.2) is 11.4 Å². The Balaban J connectivity index is 0.000000240. The Morgan fingerprint density at radius 1 is 0.636 bits per heavy atom. The molecule has 4 rings (SSSR count). The predicted molar refractivity (Wildman–Crippen MR) is 172 cm³/mol. The van der Waals surface area contributed by atoms with Crippen molar-refractivity contribution < 1.29 is 19.1 Å². The van der Waals surface area contributed by atoms with Crippen molar-refractivity contribution >= 4 is 34.6 Å². The van der Waals surface area contributed by atoms with Crippen LogP contribution in [0.2, 0.25) is 10.0 Å². The summed E-state index contributed by atoms with van der Waals surface area (Å²) >= 11 is 12.3.